The van der Waals surface area contributed by atoms with Crippen molar-refractivity contribution in [2.45, 2.75) is 111 Å². The van der Waals surface area contributed by atoms with Crippen LogP contribution in [0.3, 0.4) is 0 Å². The van der Waals surface area contributed by atoms with E-state index in [1.54, 1.807) is 12.4 Å². The van der Waals surface area contributed by atoms with Gasteiger partial charge in [-0.1, -0.05) is 99.4 Å². The smallest absolute Gasteiger partial charge is 0.314 e. The first-order valence-corrected chi connectivity index (χ1v) is 14.5. The fourth-order valence-corrected chi connectivity index (χ4v) is 4.88. The minimum atomic E-state index is -0.179. The minimum Gasteiger partial charge on any atom is -0.423 e. The number of unbranched alkanes of at least 4 members (excludes halogenated alkanes) is 7. The number of hydrogen-bond donors (Lipinski definition) is 0. The first-order chi connectivity index (χ1) is 18.0. The highest BCUT2D eigenvalue weighted by Crippen LogP contribution is 2.28. The molecular formula is C33H46N2O2. The maximum Gasteiger partial charge on any atom is 0.314 e. The molecule has 1 atom stereocenters. The van der Waals surface area contributed by atoms with Gasteiger partial charge in [0.05, 0.1) is 18.3 Å². The van der Waals surface area contributed by atoms with E-state index in [4.69, 9.17) is 4.74 Å². The molecule has 1 aliphatic rings. The van der Waals surface area contributed by atoms with Crippen molar-refractivity contribution in [3.8, 4) is 17.1 Å². The standard InChI is InChI=1S/C33H46N2O2/c1-4-5-6-7-8-9-10-11-14-27-16-20-29(21-17-27)32-34-24-31(25-35-32)37-33(36)30-22-18-28(19-23-30)15-12-13-26(2)3/h13,16-18,20-21,24-25,30H,4-12,14-15,19,22-23H2,1-3H3. The van der Waals surface area contributed by atoms with Gasteiger partial charge in [0.25, 0.3) is 0 Å². The van der Waals surface area contributed by atoms with Crippen LogP contribution >= 0.6 is 0 Å². The molecule has 1 aromatic heterocycles. The molecule has 1 aliphatic carbocycles. The average Bonchev–Trinajstić information content (AvgIpc) is 2.91. The zero-order chi connectivity index (χ0) is 26.3. The number of allylic oxidation sites excluding steroid dienone is 4. The Morgan fingerprint density at radius 2 is 1.62 bits per heavy atom. The molecule has 1 aromatic carbocycles. The van der Waals surface area contributed by atoms with Crippen molar-refractivity contribution < 1.29 is 9.53 Å². The summed E-state index contributed by atoms with van der Waals surface area (Å²) < 4.78 is 5.60. The summed E-state index contributed by atoms with van der Waals surface area (Å²) in [5.41, 5.74) is 5.16. The van der Waals surface area contributed by atoms with E-state index in [0.29, 0.717) is 11.6 Å². The Morgan fingerprint density at radius 1 is 0.946 bits per heavy atom. The molecule has 0 aliphatic heterocycles. The lowest BCUT2D eigenvalue weighted by Crippen LogP contribution is -2.22. The lowest BCUT2D eigenvalue weighted by molar-refractivity contribution is -0.139. The molecule has 0 saturated carbocycles. The van der Waals surface area contributed by atoms with Crippen LogP contribution in [0.25, 0.3) is 11.4 Å². The van der Waals surface area contributed by atoms with Crippen LogP contribution in [-0.2, 0) is 11.2 Å². The zero-order valence-electron chi connectivity index (χ0n) is 23.3. The zero-order valence-corrected chi connectivity index (χ0v) is 23.3. The third-order valence-electron chi connectivity index (χ3n) is 7.23. The molecule has 2 aromatic rings. The van der Waals surface area contributed by atoms with Crippen molar-refractivity contribution in [3.05, 3.63) is 65.5 Å². The van der Waals surface area contributed by atoms with Crippen molar-refractivity contribution in [2.75, 3.05) is 0 Å². The number of aromatic nitrogens is 2. The van der Waals surface area contributed by atoms with Crippen LogP contribution in [0.1, 0.15) is 110 Å². The van der Waals surface area contributed by atoms with E-state index in [0.717, 1.165) is 44.1 Å². The number of carbonyl (C=O) groups is 1. The van der Waals surface area contributed by atoms with Crippen molar-refractivity contribution >= 4 is 5.97 Å². The average molecular weight is 503 g/mol. The lowest BCUT2D eigenvalue weighted by Gasteiger charge is -2.20. The third kappa shape index (κ3) is 10.6. The van der Waals surface area contributed by atoms with Gasteiger partial charge in [-0.2, -0.15) is 0 Å². The van der Waals surface area contributed by atoms with E-state index < -0.39 is 0 Å². The number of aryl methyl sites for hydroxylation is 1. The van der Waals surface area contributed by atoms with E-state index in [1.165, 1.54) is 68.1 Å². The number of hydrogen-bond acceptors (Lipinski definition) is 4. The second-order valence-corrected chi connectivity index (χ2v) is 10.7. The van der Waals surface area contributed by atoms with Gasteiger partial charge in [0.15, 0.2) is 11.6 Å². The second kappa shape index (κ2) is 16.2. The molecule has 3 rings (SSSR count). The Labute approximate surface area is 224 Å². The molecule has 1 unspecified atom stereocenters. The fourth-order valence-electron chi connectivity index (χ4n) is 4.88. The van der Waals surface area contributed by atoms with Gasteiger partial charge in [0.2, 0.25) is 0 Å². The largest absolute Gasteiger partial charge is 0.423 e. The molecule has 1 heterocycles. The number of nitrogens with zero attached hydrogens (tertiary/aromatic N) is 2. The van der Waals surface area contributed by atoms with E-state index in [-0.39, 0.29) is 11.9 Å². The van der Waals surface area contributed by atoms with E-state index in [9.17, 15) is 4.79 Å². The summed E-state index contributed by atoms with van der Waals surface area (Å²) in [5.74, 6) is 0.806. The van der Waals surface area contributed by atoms with Gasteiger partial charge in [-0.25, -0.2) is 9.97 Å². The highest BCUT2D eigenvalue weighted by molar-refractivity contribution is 5.75. The van der Waals surface area contributed by atoms with Crippen LogP contribution in [0.4, 0.5) is 0 Å². The van der Waals surface area contributed by atoms with Crippen LogP contribution in [0.2, 0.25) is 0 Å². The van der Waals surface area contributed by atoms with E-state index in [1.807, 2.05) is 0 Å². The monoisotopic (exact) mass is 502 g/mol. The fraction of sp³-hybridized carbons (Fsp3) is 0.545. The van der Waals surface area contributed by atoms with E-state index in [2.05, 4.69) is 67.2 Å². The summed E-state index contributed by atoms with van der Waals surface area (Å²) in [7, 11) is 0. The normalized spacial score (nSPS) is 15.2. The first-order valence-electron chi connectivity index (χ1n) is 14.5. The van der Waals surface area contributed by atoms with Crippen molar-refractivity contribution in [3.63, 3.8) is 0 Å². The molecule has 37 heavy (non-hydrogen) atoms. The van der Waals surface area contributed by atoms with E-state index >= 15 is 0 Å². The molecule has 0 amide bonds. The Balaban J connectivity index is 1.39. The molecule has 0 spiro atoms. The molecule has 0 bridgehead atoms. The van der Waals surface area contributed by atoms with Crippen LogP contribution < -0.4 is 4.74 Å². The summed E-state index contributed by atoms with van der Waals surface area (Å²) in [6.45, 7) is 6.53. The van der Waals surface area contributed by atoms with Gasteiger partial charge in [-0.3, -0.25) is 4.79 Å². The molecule has 0 N–H and O–H groups in total. The summed E-state index contributed by atoms with van der Waals surface area (Å²) in [4.78, 5) is 21.5. The molecule has 0 fully saturated rings. The predicted molar refractivity (Wildman–Crippen MR) is 154 cm³/mol. The van der Waals surface area contributed by atoms with Crippen LogP contribution in [0, 0.1) is 5.92 Å². The van der Waals surface area contributed by atoms with Crippen LogP contribution in [0.15, 0.2) is 60.0 Å². The van der Waals surface area contributed by atoms with Crippen molar-refractivity contribution in [1.29, 1.82) is 0 Å². The number of ether oxygens (including phenoxy) is 1. The molecule has 4 heteroatoms. The number of carbonyl (C=O) groups excluding carboxylic acids is 1. The minimum absolute atomic E-state index is 0.0829. The molecule has 0 saturated heterocycles. The number of esters is 1. The van der Waals surface area contributed by atoms with Gasteiger partial charge in [0, 0.05) is 5.56 Å². The maximum atomic E-state index is 12.6. The summed E-state index contributed by atoms with van der Waals surface area (Å²) in [5, 5.41) is 0. The van der Waals surface area contributed by atoms with Gasteiger partial charge < -0.3 is 4.74 Å². The van der Waals surface area contributed by atoms with Crippen molar-refractivity contribution in [1.82, 2.24) is 9.97 Å². The van der Waals surface area contributed by atoms with Crippen LogP contribution in [0.5, 0.6) is 5.75 Å². The van der Waals surface area contributed by atoms with Crippen molar-refractivity contribution in [2.24, 2.45) is 5.92 Å². The highest BCUT2D eigenvalue weighted by Gasteiger charge is 2.23. The van der Waals surface area contributed by atoms with Gasteiger partial charge in [0.1, 0.15) is 0 Å². The van der Waals surface area contributed by atoms with Gasteiger partial charge >= 0.3 is 5.97 Å². The molecule has 4 nitrogen and oxygen atoms in total. The van der Waals surface area contributed by atoms with Gasteiger partial charge in [-0.15, -0.1) is 0 Å². The maximum absolute atomic E-state index is 12.6. The number of benzene rings is 1. The SMILES string of the molecule is CCCCCCCCCCc1ccc(-c2ncc(OC(=O)C3CC=C(CCC=C(C)C)CC3)cn2)cc1. The molecule has 0 radical (unpaired) electrons. The lowest BCUT2D eigenvalue weighted by atomic mass is 9.88. The Kier molecular flexibility index (Phi) is 12.6. The summed E-state index contributed by atoms with van der Waals surface area (Å²) in [6, 6.07) is 8.53. The predicted octanol–water partition coefficient (Wildman–Crippen LogP) is 9.21. The Morgan fingerprint density at radius 3 is 2.24 bits per heavy atom. The molecular weight excluding hydrogens is 456 g/mol. The third-order valence-corrected chi connectivity index (χ3v) is 7.23. The Hall–Kier alpha value is -2.75. The quantitative estimate of drug-likeness (QED) is 0.138. The highest BCUT2D eigenvalue weighted by atomic mass is 16.5. The number of rotatable bonds is 15. The Bertz CT molecular complexity index is 1000. The molecule has 200 valence electrons. The first kappa shape index (κ1) is 28.8. The van der Waals surface area contributed by atoms with Gasteiger partial charge in [-0.05, 0) is 64.4 Å². The topological polar surface area (TPSA) is 52.1 Å². The summed E-state index contributed by atoms with van der Waals surface area (Å²) >= 11 is 0. The van der Waals surface area contributed by atoms with Crippen LogP contribution in [-0.4, -0.2) is 15.9 Å². The second-order valence-electron chi connectivity index (χ2n) is 10.7. The summed E-state index contributed by atoms with van der Waals surface area (Å²) in [6.07, 6.45) is 24.3.